The van der Waals surface area contributed by atoms with Crippen LogP contribution in [0.4, 0.5) is 4.39 Å². The molecule has 3 atom stereocenters. The summed E-state index contributed by atoms with van der Waals surface area (Å²) < 4.78 is 13.8. The first-order valence-corrected chi connectivity index (χ1v) is 7.27. The van der Waals surface area contributed by atoms with E-state index in [1.165, 1.54) is 6.07 Å². The van der Waals surface area contributed by atoms with Gasteiger partial charge >= 0.3 is 0 Å². The van der Waals surface area contributed by atoms with Crippen molar-refractivity contribution < 1.29 is 9.18 Å². The van der Waals surface area contributed by atoms with Gasteiger partial charge in [0, 0.05) is 17.6 Å². The molecule has 1 aliphatic heterocycles. The van der Waals surface area contributed by atoms with Crippen molar-refractivity contribution in [2.45, 2.75) is 32.4 Å². The lowest BCUT2D eigenvalue weighted by atomic mass is 9.89. The molecule has 1 fully saturated rings. The molecular weight excluding hydrogens is 311 g/mol. The Balaban J connectivity index is 2.09. The maximum atomic E-state index is 13.4. The number of hydrogen-bond acceptors (Lipinski definition) is 2. The highest BCUT2D eigenvalue weighted by atomic mass is 79.9. The fourth-order valence-electron chi connectivity index (χ4n) is 2.48. The van der Waals surface area contributed by atoms with Crippen molar-refractivity contribution in [3.05, 3.63) is 34.1 Å². The Morgan fingerprint density at radius 2 is 2.21 bits per heavy atom. The van der Waals surface area contributed by atoms with E-state index in [0.29, 0.717) is 16.0 Å². The number of halogens is 2. The molecule has 1 heterocycles. The molecule has 0 bridgehead atoms. The summed E-state index contributed by atoms with van der Waals surface area (Å²) in [5.41, 5.74) is 0.352. The lowest BCUT2D eigenvalue weighted by molar-refractivity contribution is 0.0897. The zero-order valence-corrected chi connectivity index (χ0v) is 12.6. The van der Waals surface area contributed by atoms with Crippen LogP contribution in [0, 0.1) is 11.7 Å². The van der Waals surface area contributed by atoms with E-state index in [4.69, 9.17) is 0 Å². The predicted octanol–water partition coefficient (Wildman–Crippen LogP) is 2.70. The minimum atomic E-state index is -0.421. The minimum absolute atomic E-state index is 0.0768. The Hall–Kier alpha value is -0.940. The normalized spacial score (nSPS) is 27.1. The van der Waals surface area contributed by atoms with Crippen molar-refractivity contribution in [1.82, 2.24) is 10.6 Å². The van der Waals surface area contributed by atoms with Crippen LogP contribution >= 0.6 is 15.9 Å². The van der Waals surface area contributed by atoms with Crippen LogP contribution in [-0.2, 0) is 0 Å². The SMILES string of the molecule is CC1CCNC(C)C1NC(=O)c1ccc(Br)c(F)c1. The second-order valence-electron chi connectivity index (χ2n) is 5.14. The second-order valence-corrected chi connectivity index (χ2v) is 5.99. The van der Waals surface area contributed by atoms with Gasteiger partial charge in [0.25, 0.3) is 5.91 Å². The molecule has 0 spiro atoms. The highest BCUT2D eigenvalue weighted by Gasteiger charge is 2.28. The summed E-state index contributed by atoms with van der Waals surface area (Å²) in [6.45, 7) is 5.16. The van der Waals surface area contributed by atoms with Crippen molar-refractivity contribution in [3.63, 3.8) is 0 Å². The summed E-state index contributed by atoms with van der Waals surface area (Å²) in [5, 5.41) is 6.34. The molecule has 0 aromatic heterocycles. The highest BCUT2D eigenvalue weighted by molar-refractivity contribution is 9.10. The molecule has 0 radical (unpaired) electrons. The lowest BCUT2D eigenvalue weighted by Gasteiger charge is -2.36. The van der Waals surface area contributed by atoms with E-state index in [9.17, 15) is 9.18 Å². The first kappa shape index (κ1) is 14.5. The molecule has 1 aliphatic rings. The Labute approximate surface area is 121 Å². The van der Waals surface area contributed by atoms with Gasteiger partial charge < -0.3 is 10.6 Å². The Morgan fingerprint density at radius 3 is 2.84 bits per heavy atom. The third-order valence-corrected chi connectivity index (χ3v) is 4.34. The number of hydrogen-bond donors (Lipinski definition) is 2. The summed E-state index contributed by atoms with van der Waals surface area (Å²) in [6, 6.07) is 4.73. The third-order valence-electron chi connectivity index (χ3n) is 3.70. The lowest BCUT2D eigenvalue weighted by Crippen LogP contribution is -2.55. The number of nitrogens with one attached hydrogen (secondary N) is 2. The van der Waals surface area contributed by atoms with Crippen molar-refractivity contribution in [1.29, 1.82) is 0 Å². The Bertz CT molecular complexity index is 471. The number of benzene rings is 1. The number of amides is 1. The quantitative estimate of drug-likeness (QED) is 0.876. The molecular formula is C14H18BrFN2O. The second kappa shape index (κ2) is 6.01. The van der Waals surface area contributed by atoms with Crippen LogP contribution in [0.1, 0.15) is 30.6 Å². The van der Waals surface area contributed by atoms with Crippen LogP contribution in [-0.4, -0.2) is 24.5 Å². The zero-order valence-electron chi connectivity index (χ0n) is 11.0. The van der Waals surface area contributed by atoms with Gasteiger partial charge in [-0.05, 0) is 59.9 Å². The minimum Gasteiger partial charge on any atom is -0.347 e. The van der Waals surface area contributed by atoms with Crippen molar-refractivity contribution in [2.75, 3.05) is 6.54 Å². The van der Waals surface area contributed by atoms with E-state index in [2.05, 4.69) is 40.4 Å². The summed E-state index contributed by atoms with van der Waals surface area (Å²) in [7, 11) is 0. The Kier molecular flexibility index (Phi) is 4.58. The molecule has 104 valence electrons. The fourth-order valence-corrected chi connectivity index (χ4v) is 2.72. The first-order chi connectivity index (χ1) is 8.99. The van der Waals surface area contributed by atoms with E-state index in [0.717, 1.165) is 13.0 Å². The standard InChI is InChI=1S/C14H18BrFN2O/c1-8-5-6-17-9(2)13(8)18-14(19)10-3-4-11(15)12(16)7-10/h3-4,7-9,13,17H,5-6H2,1-2H3,(H,18,19). The van der Waals surface area contributed by atoms with E-state index >= 15 is 0 Å². The molecule has 2 N–H and O–H groups in total. The van der Waals surface area contributed by atoms with Crippen LogP contribution in [0.25, 0.3) is 0 Å². The molecule has 1 amide bonds. The molecule has 1 aromatic carbocycles. The molecule has 5 heteroatoms. The maximum absolute atomic E-state index is 13.4. The summed E-state index contributed by atoms with van der Waals surface area (Å²) in [4.78, 5) is 12.1. The number of piperidine rings is 1. The summed E-state index contributed by atoms with van der Waals surface area (Å²) >= 11 is 3.08. The number of rotatable bonds is 2. The van der Waals surface area contributed by atoms with E-state index < -0.39 is 5.82 Å². The van der Waals surface area contributed by atoms with Gasteiger partial charge in [-0.1, -0.05) is 6.92 Å². The predicted molar refractivity (Wildman–Crippen MR) is 76.6 cm³/mol. The van der Waals surface area contributed by atoms with Gasteiger partial charge in [0.05, 0.1) is 4.47 Å². The zero-order chi connectivity index (χ0) is 14.0. The van der Waals surface area contributed by atoms with Gasteiger partial charge in [0.1, 0.15) is 5.82 Å². The van der Waals surface area contributed by atoms with Crippen LogP contribution in [0.3, 0.4) is 0 Å². The maximum Gasteiger partial charge on any atom is 0.251 e. The highest BCUT2D eigenvalue weighted by Crippen LogP contribution is 2.19. The average Bonchev–Trinajstić information content (AvgIpc) is 2.37. The van der Waals surface area contributed by atoms with Gasteiger partial charge in [-0.15, -0.1) is 0 Å². The largest absolute Gasteiger partial charge is 0.347 e. The molecule has 0 aliphatic carbocycles. The first-order valence-electron chi connectivity index (χ1n) is 6.48. The van der Waals surface area contributed by atoms with Gasteiger partial charge in [0.15, 0.2) is 0 Å². The topological polar surface area (TPSA) is 41.1 Å². The Morgan fingerprint density at radius 1 is 1.47 bits per heavy atom. The van der Waals surface area contributed by atoms with Gasteiger partial charge in [-0.2, -0.15) is 0 Å². The summed E-state index contributed by atoms with van der Waals surface area (Å²) in [5.74, 6) is -0.227. The number of carbonyl (C=O) groups excluding carboxylic acids is 1. The van der Waals surface area contributed by atoms with Gasteiger partial charge in [-0.3, -0.25) is 4.79 Å². The van der Waals surface area contributed by atoms with Crippen LogP contribution < -0.4 is 10.6 Å². The van der Waals surface area contributed by atoms with Crippen molar-refractivity contribution in [3.8, 4) is 0 Å². The average molecular weight is 329 g/mol. The van der Waals surface area contributed by atoms with Gasteiger partial charge in [0.2, 0.25) is 0 Å². The molecule has 1 aromatic rings. The molecule has 2 rings (SSSR count). The molecule has 3 nitrogen and oxygen atoms in total. The third kappa shape index (κ3) is 3.34. The van der Waals surface area contributed by atoms with Crippen LogP contribution in [0.2, 0.25) is 0 Å². The van der Waals surface area contributed by atoms with E-state index in [1.54, 1.807) is 12.1 Å². The molecule has 3 unspecified atom stereocenters. The smallest absolute Gasteiger partial charge is 0.251 e. The summed E-state index contributed by atoms with van der Waals surface area (Å²) in [6.07, 6.45) is 1.03. The van der Waals surface area contributed by atoms with Gasteiger partial charge in [-0.25, -0.2) is 4.39 Å². The number of carbonyl (C=O) groups is 1. The van der Waals surface area contributed by atoms with Crippen LogP contribution in [0.5, 0.6) is 0 Å². The molecule has 1 saturated heterocycles. The molecule has 0 saturated carbocycles. The van der Waals surface area contributed by atoms with E-state index in [1.807, 2.05) is 0 Å². The van der Waals surface area contributed by atoms with E-state index in [-0.39, 0.29) is 18.0 Å². The van der Waals surface area contributed by atoms with Crippen LogP contribution in [0.15, 0.2) is 22.7 Å². The fraction of sp³-hybridized carbons (Fsp3) is 0.500. The monoisotopic (exact) mass is 328 g/mol. The van der Waals surface area contributed by atoms with Crippen molar-refractivity contribution in [2.24, 2.45) is 5.92 Å². The molecule has 19 heavy (non-hydrogen) atoms. The van der Waals surface area contributed by atoms with Crippen molar-refractivity contribution >= 4 is 21.8 Å².